The zero-order valence-electron chi connectivity index (χ0n) is 17.2. The first-order valence-electron chi connectivity index (χ1n) is 9.91. The maximum Gasteiger partial charge on any atom is 0.310 e. The van der Waals surface area contributed by atoms with Gasteiger partial charge in [0.2, 0.25) is 5.91 Å². The van der Waals surface area contributed by atoms with E-state index in [0.29, 0.717) is 18.0 Å². The molecule has 1 aliphatic heterocycles. The van der Waals surface area contributed by atoms with E-state index in [1.807, 2.05) is 42.5 Å². The molecule has 1 heterocycles. The van der Waals surface area contributed by atoms with Gasteiger partial charge in [-0.1, -0.05) is 49.4 Å². The molecule has 0 radical (unpaired) electrons. The van der Waals surface area contributed by atoms with Crippen LogP contribution in [0.15, 0.2) is 54.6 Å². The molecule has 1 atom stereocenters. The average molecular weight is 410 g/mol. The van der Waals surface area contributed by atoms with Gasteiger partial charge in [-0.15, -0.1) is 0 Å². The summed E-state index contributed by atoms with van der Waals surface area (Å²) in [7, 11) is 1.34. The lowest BCUT2D eigenvalue weighted by Gasteiger charge is -2.30. The predicted octanol–water partition coefficient (Wildman–Crippen LogP) is 2.64. The zero-order valence-corrected chi connectivity index (χ0v) is 17.2. The fraction of sp³-hybridized carbons (Fsp3) is 0.348. The summed E-state index contributed by atoms with van der Waals surface area (Å²) in [4.78, 5) is 40.5. The molecule has 0 aliphatic carbocycles. The van der Waals surface area contributed by atoms with Crippen LogP contribution >= 0.6 is 0 Å². The number of hydrogen-bond acceptors (Lipinski definition) is 5. The van der Waals surface area contributed by atoms with Crippen LogP contribution in [0.5, 0.6) is 5.75 Å². The number of methoxy groups -OCH3 is 1. The van der Waals surface area contributed by atoms with Gasteiger partial charge in [0.25, 0.3) is 5.91 Å². The molecule has 158 valence electrons. The van der Waals surface area contributed by atoms with Crippen molar-refractivity contribution in [2.75, 3.05) is 31.7 Å². The Bertz CT molecular complexity index is 899. The summed E-state index contributed by atoms with van der Waals surface area (Å²) in [5, 5.41) is 0. The molecular formula is C23H26N2O5. The third-order valence-electron chi connectivity index (χ3n) is 5.02. The summed E-state index contributed by atoms with van der Waals surface area (Å²) in [5.74, 6) is -0.498. The van der Waals surface area contributed by atoms with Crippen molar-refractivity contribution >= 4 is 23.5 Å². The van der Waals surface area contributed by atoms with Crippen molar-refractivity contribution in [1.29, 1.82) is 0 Å². The molecule has 0 spiro atoms. The van der Waals surface area contributed by atoms with Gasteiger partial charge in [0.1, 0.15) is 5.75 Å². The summed E-state index contributed by atoms with van der Waals surface area (Å²) in [6, 6.07) is 16.9. The lowest BCUT2D eigenvalue weighted by atomic mass is 10.1. The Kier molecular flexibility index (Phi) is 7.06. The van der Waals surface area contributed by atoms with Crippen molar-refractivity contribution in [3.05, 3.63) is 60.2 Å². The third-order valence-corrected chi connectivity index (χ3v) is 5.02. The highest BCUT2D eigenvalue weighted by molar-refractivity contribution is 5.98. The van der Waals surface area contributed by atoms with E-state index in [0.717, 1.165) is 5.56 Å². The van der Waals surface area contributed by atoms with Crippen molar-refractivity contribution in [2.45, 2.75) is 19.9 Å². The number of para-hydroxylation sites is 2. The molecule has 7 heteroatoms. The van der Waals surface area contributed by atoms with Gasteiger partial charge in [-0.3, -0.25) is 14.4 Å². The number of esters is 1. The van der Waals surface area contributed by atoms with E-state index >= 15 is 0 Å². The molecule has 0 saturated carbocycles. The Morgan fingerprint density at radius 1 is 1.13 bits per heavy atom. The SMILES string of the molecule is COC(=O)C(C)CN(Cc1ccccc1)C(=O)CCN1C(=O)COc2ccccc21. The number of fused-ring (bicyclic) bond motifs is 1. The van der Waals surface area contributed by atoms with Gasteiger partial charge in [0, 0.05) is 26.1 Å². The summed E-state index contributed by atoms with van der Waals surface area (Å²) >= 11 is 0. The molecule has 1 aliphatic rings. The van der Waals surface area contributed by atoms with E-state index < -0.39 is 5.92 Å². The van der Waals surface area contributed by atoms with Crippen molar-refractivity contribution in [1.82, 2.24) is 4.90 Å². The number of carbonyl (C=O) groups excluding carboxylic acids is 3. The molecule has 2 aromatic rings. The average Bonchev–Trinajstić information content (AvgIpc) is 2.77. The number of amides is 2. The summed E-state index contributed by atoms with van der Waals surface area (Å²) in [6.07, 6.45) is 0.140. The molecule has 0 N–H and O–H groups in total. The molecule has 0 bridgehead atoms. The van der Waals surface area contributed by atoms with Crippen molar-refractivity contribution in [2.24, 2.45) is 5.92 Å². The Balaban J connectivity index is 1.71. The summed E-state index contributed by atoms with van der Waals surface area (Å²) < 4.78 is 10.3. The number of nitrogens with zero attached hydrogens (tertiary/aromatic N) is 2. The Hall–Kier alpha value is -3.35. The molecular weight excluding hydrogens is 384 g/mol. The van der Waals surface area contributed by atoms with Gasteiger partial charge in [-0.05, 0) is 17.7 Å². The molecule has 2 aromatic carbocycles. The fourth-order valence-electron chi connectivity index (χ4n) is 3.43. The van der Waals surface area contributed by atoms with Crippen molar-refractivity contribution < 1.29 is 23.9 Å². The van der Waals surface area contributed by atoms with Crippen LogP contribution in [0, 0.1) is 5.92 Å². The molecule has 7 nitrogen and oxygen atoms in total. The first kappa shape index (κ1) is 21.4. The number of benzene rings is 2. The second-order valence-corrected chi connectivity index (χ2v) is 7.24. The number of hydrogen-bond donors (Lipinski definition) is 0. The van der Waals surface area contributed by atoms with Gasteiger partial charge in [0.05, 0.1) is 18.7 Å². The highest BCUT2D eigenvalue weighted by Crippen LogP contribution is 2.31. The first-order chi connectivity index (χ1) is 14.5. The Morgan fingerprint density at radius 2 is 1.83 bits per heavy atom. The van der Waals surface area contributed by atoms with Crippen LogP contribution in [0.3, 0.4) is 0 Å². The predicted molar refractivity (Wildman–Crippen MR) is 112 cm³/mol. The summed E-state index contributed by atoms with van der Waals surface area (Å²) in [5.41, 5.74) is 1.63. The second kappa shape index (κ2) is 9.91. The van der Waals surface area contributed by atoms with E-state index in [4.69, 9.17) is 9.47 Å². The van der Waals surface area contributed by atoms with Crippen LogP contribution < -0.4 is 9.64 Å². The fourth-order valence-corrected chi connectivity index (χ4v) is 3.43. The Morgan fingerprint density at radius 3 is 2.57 bits per heavy atom. The van der Waals surface area contributed by atoms with Gasteiger partial charge in [0.15, 0.2) is 6.61 Å². The van der Waals surface area contributed by atoms with Gasteiger partial charge in [-0.2, -0.15) is 0 Å². The molecule has 3 rings (SSSR count). The van der Waals surface area contributed by atoms with E-state index in [2.05, 4.69) is 0 Å². The molecule has 0 saturated heterocycles. The maximum atomic E-state index is 13.1. The minimum Gasteiger partial charge on any atom is -0.482 e. The number of anilines is 1. The zero-order chi connectivity index (χ0) is 21.5. The van der Waals surface area contributed by atoms with Gasteiger partial charge < -0.3 is 19.3 Å². The highest BCUT2D eigenvalue weighted by atomic mass is 16.5. The number of rotatable bonds is 8. The van der Waals surface area contributed by atoms with Crippen LogP contribution in [0.25, 0.3) is 0 Å². The van der Waals surface area contributed by atoms with E-state index in [1.165, 1.54) is 7.11 Å². The monoisotopic (exact) mass is 410 g/mol. The molecule has 2 amide bonds. The van der Waals surface area contributed by atoms with E-state index in [1.54, 1.807) is 28.9 Å². The second-order valence-electron chi connectivity index (χ2n) is 7.24. The van der Waals surface area contributed by atoms with Gasteiger partial charge in [-0.25, -0.2) is 0 Å². The molecule has 0 aromatic heterocycles. The first-order valence-corrected chi connectivity index (χ1v) is 9.91. The topological polar surface area (TPSA) is 76.2 Å². The standard InChI is InChI=1S/C23H26N2O5/c1-17(23(28)29-2)14-24(15-18-8-4-3-5-9-18)21(26)12-13-25-19-10-6-7-11-20(19)30-16-22(25)27/h3-11,17H,12-16H2,1-2H3. The third kappa shape index (κ3) is 5.17. The number of ether oxygens (including phenoxy) is 2. The Labute approximate surface area is 176 Å². The van der Waals surface area contributed by atoms with Crippen molar-refractivity contribution in [3.63, 3.8) is 0 Å². The van der Waals surface area contributed by atoms with Crippen LogP contribution in [0.2, 0.25) is 0 Å². The lowest BCUT2D eigenvalue weighted by Crippen LogP contribution is -2.42. The van der Waals surface area contributed by atoms with Crippen LogP contribution in [0.4, 0.5) is 5.69 Å². The minimum absolute atomic E-state index is 0.0433. The number of carbonyl (C=O) groups is 3. The molecule has 0 fully saturated rings. The molecule has 30 heavy (non-hydrogen) atoms. The lowest BCUT2D eigenvalue weighted by molar-refractivity contribution is -0.146. The maximum absolute atomic E-state index is 13.1. The van der Waals surface area contributed by atoms with Crippen LogP contribution in [0.1, 0.15) is 18.9 Å². The summed E-state index contributed by atoms with van der Waals surface area (Å²) in [6.45, 7) is 2.57. The van der Waals surface area contributed by atoms with Crippen molar-refractivity contribution in [3.8, 4) is 5.75 Å². The van der Waals surface area contributed by atoms with Crippen LogP contribution in [-0.2, 0) is 25.7 Å². The largest absolute Gasteiger partial charge is 0.482 e. The molecule has 1 unspecified atom stereocenters. The van der Waals surface area contributed by atoms with Gasteiger partial charge >= 0.3 is 5.97 Å². The quantitative estimate of drug-likeness (QED) is 0.626. The van der Waals surface area contributed by atoms with E-state index in [-0.39, 0.29) is 43.9 Å². The highest BCUT2D eigenvalue weighted by Gasteiger charge is 2.27. The van der Waals surface area contributed by atoms with Crippen LogP contribution in [-0.4, -0.2) is 49.5 Å². The normalized spacial score (nSPS) is 13.8. The van der Waals surface area contributed by atoms with E-state index in [9.17, 15) is 14.4 Å². The smallest absolute Gasteiger partial charge is 0.310 e. The minimum atomic E-state index is -0.451.